The first-order valence-corrected chi connectivity index (χ1v) is 11.2. The molecule has 1 aromatic rings. The molecule has 0 bridgehead atoms. The predicted molar refractivity (Wildman–Crippen MR) is 110 cm³/mol. The molecule has 2 rings (SSSR count). The van der Waals surface area contributed by atoms with Gasteiger partial charge in [-0.25, -0.2) is 0 Å². The quantitative estimate of drug-likeness (QED) is 0.381. The summed E-state index contributed by atoms with van der Waals surface area (Å²) >= 11 is 2.88. The lowest BCUT2D eigenvalue weighted by Gasteiger charge is -2.17. The normalized spacial score (nSPS) is 23.8. The van der Waals surface area contributed by atoms with E-state index in [1.54, 1.807) is 12.2 Å². The fraction of sp³-hybridized carbons (Fsp3) is 0.500. The average Bonchev–Trinajstić information content (AvgIpc) is 2.89. The number of Topliss-reactive ketones (excluding diaryl/α,β-unsaturated/α-hetero) is 1. The number of aliphatic carboxylic acids is 1. The van der Waals surface area contributed by atoms with Crippen LogP contribution in [0.2, 0.25) is 0 Å². The SMILES string of the molecule is O=C(O)CSCCCSC1C(=O)C[C@@H](O)[C@@H]1C=CC(O)Cc1ccccc1. The topological polar surface area (TPSA) is 94.8 Å². The number of carboxylic acid groups (broad SMARTS) is 1. The first-order chi connectivity index (χ1) is 13.0. The molecule has 1 aliphatic rings. The maximum absolute atomic E-state index is 12.2. The summed E-state index contributed by atoms with van der Waals surface area (Å²) in [6.07, 6.45) is 3.54. The summed E-state index contributed by atoms with van der Waals surface area (Å²) in [5.74, 6) is 0.501. The summed E-state index contributed by atoms with van der Waals surface area (Å²) in [6, 6.07) is 9.67. The molecule has 5 nitrogen and oxygen atoms in total. The van der Waals surface area contributed by atoms with E-state index in [2.05, 4.69) is 0 Å². The van der Waals surface area contributed by atoms with Gasteiger partial charge in [0.2, 0.25) is 0 Å². The minimum absolute atomic E-state index is 0.0397. The molecular formula is C20H26O5S2. The van der Waals surface area contributed by atoms with Crippen molar-refractivity contribution in [3.63, 3.8) is 0 Å². The van der Waals surface area contributed by atoms with Gasteiger partial charge in [-0.1, -0.05) is 42.5 Å². The molecule has 2 unspecified atom stereocenters. The summed E-state index contributed by atoms with van der Waals surface area (Å²) in [6.45, 7) is 0. The van der Waals surface area contributed by atoms with Crippen molar-refractivity contribution < 1.29 is 24.9 Å². The molecule has 0 aromatic heterocycles. The highest BCUT2D eigenvalue weighted by Crippen LogP contribution is 2.34. The molecule has 0 radical (unpaired) electrons. The molecule has 0 saturated heterocycles. The van der Waals surface area contributed by atoms with Crippen LogP contribution in [-0.4, -0.2) is 61.8 Å². The van der Waals surface area contributed by atoms with Gasteiger partial charge in [-0.2, -0.15) is 11.8 Å². The maximum Gasteiger partial charge on any atom is 0.313 e. The lowest BCUT2D eigenvalue weighted by molar-refractivity contribution is -0.133. The third-order valence-electron chi connectivity index (χ3n) is 4.32. The monoisotopic (exact) mass is 410 g/mol. The molecular weight excluding hydrogens is 384 g/mol. The van der Waals surface area contributed by atoms with Crippen LogP contribution in [0.3, 0.4) is 0 Å². The van der Waals surface area contributed by atoms with Crippen LogP contribution in [0.25, 0.3) is 0 Å². The number of carboxylic acids is 1. The van der Waals surface area contributed by atoms with Crippen LogP contribution in [0, 0.1) is 5.92 Å². The molecule has 1 fully saturated rings. The highest BCUT2D eigenvalue weighted by Gasteiger charge is 2.40. The Bertz CT molecular complexity index is 635. The Labute approximate surface area is 168 Å². The standard InChI is InChI=1S/C20H26O5S2/c21-15(11-14-5-2-1-3-6-14)7-8-16-17(22)12-18(23)20(16)27-10-4-9-26-13-19(24)25/h1-3,5-8,15-17,20-22H,4,9-13H2,(H,24,25)/t15?,16-,17+,20?/m0/s1. The van der Waals surface area contributed by atoms with Gasteiger partial charge < -0.3 is 15.3 Å². The largest absolute Gasteiger partial charge is 0.481 e. The smallest absolute Gasteiger partial charge is 0.313 e. The number of benzene rings is 1. The number of carbonyl (C=O) groups is 2. The Morgan fingerprint density at radius 3 is 2.70 bits per heavy atom. The molecule has 27 heavy (non-hydrogen) atoms. The van der Waals surface area contributed by atoms with Crippen LogP contribution in [0.15, 0.2) is 42.5 Å². The van der Waals surface area contributed by atoms with E-state index in [0.717, 1.165) is 23.5 Å². The summed E-state index contributed by atoms with van der Waals surface area (Å²) in [5, 5.41) is 28.7. The van der Waals surface area contributed by atoms with E-state index >= 15 is 0 Å². The summed E-state index contributed by atoms with van der Waals surface area (Å²) in [5.41, 5.74) is 1.03. The van der Waals surface area contributed by atoms with Crippen molar-refractivity contribution in [3.05, 3.63) is 48.0 Å². The lowest BCUT2D eigenvalue weighted by Crippen LogP contribution is -2.22. The number of thioether (sulfide) groups is 2. The van der Waals surface area contributed by atoms with Crippen LogP contribution < -0.4 is 0 Å². The van der Waals surface area contributed by atoms with E-state index in [-0.39, 0.29) is 29.1 Å². The van der Waals surface area contributed by atoms with Gasteiger partial charge in [-0.05, 0) is 23.5 Å². The fourth-order valence-electron chi connectivity index (χ4n) is 3.02. The Morgan fingerprint density at radius 1 is 1.26 bits per heavy atom. The van der Waals surface area contributed by atoms with Crippen molar-refractivity contribution >= 4 is 35.3 Å². The van der Waals surface area contributed by atoms with Crippen LogP contribution in [-0.2, 0) is 16.0 Å². The fourth-order valence-corrected chi connectivity index (χ4v) is 5.21. The van der Waals surface area contributed by atoms with Gasteiger partial charge in [0.1, 0.15) is 5.78 Å². The molecule has 1 aliphatic carbocycles. The zero-order valence-corrected chi connectivity index (χ0v) is 16.7. The minimum Gasteiger partial charge on any atom is -0.481 e. The van der Waals surface area contributed by atoms with Crippen LogP contribution in [0.5, 0.6) is 0 Å². The number of hydrogen-bond acceptors (Lipinski definition) is 6. The number of aliphatic hydroxyl groups is 2. The van der Waals surface area contributed by atoms with Gasteiger partial charge in [-0.3, -0.25) is 9.59 Å². The molecule has 4 atom stereocenters. The molecule has 3 N–H and O–H groups in total. The van der Waals surface area contributed by atoms with Crippen LogP contribution in [0.4, 0.5) is 0 Å². The van der Waals surface area contributed by atoms with Crippen molar-refractivity contribution in [2.24, 2.45) is 5.92 Å². The second-order valence-electron chi connectivity index (χ2n) is 6.55. The van der Waals surface area contributed by atoms with Gasteiger partial charge in [0.25, 0.3) is 0 Å². The van der Waals surface area contributed by atoms with E-state index in [1.165, 1.54) is 23.5 Å². The summed E-state index contributed by atoms with van der Waals surface area (Å²) in [4.78, 5) is 22.7. The molecule has 0 aliphatic heterocycles. The zero-order chi connectivity index (χ0) is 19.6. The third-order valence-corrected chi connectivity index (χ3v) is 6.81. The Morgan fingerprint density at radius 2 is 2.00 bits per heavy atom. The van der Waals surface area contributed by atoms with Crippen molar-refractivity contribution in [3.8, 4) is 0 Å². The molecule has 0 heterocycles. The summed E-state index contributed by atoms with van der Waals surface area (Å²) in [7, 11) is 0. The van der Waals surface area contributed by atoms with Crippen molar-refractivity contribution in [2.45, 2.75) is 36.7 Å². The lowest BCUT2D eigenvalue weighted by atomic mass is 10.0. The molecule has 148 valence electrons. The first kappa shape index (κ1) is 22.0. The summed E-state index contributed by atoms with van der Waals surface area (Å²) < 4.78 is 0. The number of hydrogen-bond donors (Lipinski definition) is 3. The first-order valence-electron chi connectivity index (χ1n) is 8.99. The highest BCUT2D eigenvalue weighted by molar-refractivity contribution is 8.01. The molecule has 0 amide bonds. The van der Waals surface area contributed by atoms with E-state index in [1.807, 2.05) is 30.3 Å². The van der Waals surface area contributed by atoms with Gasteiger partial charge in [-0.15, -0.1) is 11.8 Å². The van der Waals surface area contributed by atoms with Crippen molar-refractivity contribution in [1.82, 2.24) is 0 Å². The highest BCUT2D eigenvalue weighted by atomic mass is 32.2. The van der Waals surface area contributed by atoms with E-state index in [4.69, 9.17) is 5.11 Å². The molecule has 0 spiro atoms. The van der Waals surface area contributed by atoms with Gasteiger partial charge >= 0.3 is 5.97 Å². The number of rotatable bonds is 11. The van der Waals surface area contributed by atoms with Gasteiger partial charge in [0.05, 0.1) is 23.2 Å². The molecule has 1 aromatic carbocycles. The predicted octanol–water partition coefficient (Wildman–Crippen LogP) is 2.41. The zero-order valence-electron chi connectivity index (χ0n) is 15.1. The van der Waals surface area contributed by atoms with E-state index < -0.39 is 18.2 Å². The van der Waals surface area contributed by atoms with Crippen molar-refractivity contribution in [2.75, 3.05) is 17.3 Å². The average molecular weight is 411 g/mol. The van der Waals surface area contributed by atoms with Gasteiger partial charge in [0, 0.05) is 18.8 Å². The number of carbonyl (C=O) groups excluding carboxylic acids is 1. The Balaban J connectivity index is 1.81. The number of aliphatic hydroxyl groups excluding tert-OH is 2. The number of ketones is 1. The Kier molecular flexibility index (Phi) is 9.41. The second-order valence-corrected chi connectivity index (χ2v) is 8.90. The van der Waals surface area contributed by atoms with Crippen LogP contribution in [0.1, 0.15) is 18.4 Å². The third kappa shape index (κ3) is 7.70. The van der Waals surface area contributed by atoms with E-state index in [9.17, 15) is 19.8 Å². The Hall–Kier alpha value is -1.28. The second kappa shape index (κ2) is 11.5. The van der Waals surface area contributed by atoms with Crippen molar-refractivity contribution in [1.29, 1.82) is 0 Å². The van der Waals surface area contributed by atoms with Gasteiger partial charge in [0.15, 0.2) is 0 Å². The van der Waals surface area contributed by atoms with Crippen LogP contribution >= 0.6 is 23.5 Å². The minimum atomic E-state index is -0.819. The van der Waals surface area contributed by atoms with E-state index in [0.29, 0.717) is 6.42 Å². The maximum atomic E-state index is 12.2. The molecule has 7 heteroatoms. The molecule has 1 saturated carbocycles.